The Balaban J connectivity index is 2.10. The molecule has 2 aromatic carbocycles. The van der Waals surface area contributed by atoms with Crippen LogP contribution in [-0.4, -0.2) is 52.5 Å². The lowest BCUT2D eigenvalue weighted by atomic mass is 10.1. The highest BCUT2D eigenvalue weighted by molar-refractivity contribution is 7.89. The summed E-state index contributed by atoms with van der Waals surface area (Å²) in [7, 11) is -0.210. The molecule has 0 spiro atoms. The molecular formula is C21H23NO7S. The average Bonchev–Trinajstić information content (AvgIpc) is 3.28. The van der Waals surface area contributed by atoms with Crippen LogP contribution in [-0.2, 0) is 19.5 Å². The summed E-state index contributed by atoms with van der Waals surface area (Å²) in [6.45, 7) is 0.285. The quantitative estimate of drug-likeness (QED) is 0.646. The molecule has 3 rings (SSSR count). The van der Waals surface area contributed by atoms with Crippen molar-refractivity contribution in [3.63, 3.8) is 0 Å². The van der Waals surface area contributed by atoms with E-state index in [-0.39, 0.29) is 22.6 Å². The van der Waals surface area contributed by atoms with Gasteiger partial charge in [-0.1, -0.05) is 12.1 Å². The van der Waals surface area contributed by atoms with Gasteiger partial charge in [-0.15, -0.1) is 0 Å². The topological polar surface area (TPSA) is 99.2 Å². The number of nitrogens with zero attached hydrogens (tertiary/aromatic N) is 1. The molecule has 0 aromatic heterocycles. The van der Waals surface area contributed by atoms with Gasteiger partial charge in [-0.25, -0.2) is 18.0 Å². The van der Waals surface area contributed by atoms with Gasteiger partial charge in [-0.2, -0.15) is 4.31 Å². The van der Waals surface area contributed by atoms with E-state index in [9.17, 15) is 18.0 Å². The fourth-order valence-electron chi connectivity index (χ4n) is 3.60. The van der Waals surface area contributed by atoms with Gasteiger partial charge in [0.1, 0.15) is 5.75 Å². The summed E-state index contributed by atoms with van der Waals surface area (Å²) in [4.78, 5) is 23.9. The van der Waals surface area contributed by atoms with Gasteiger partial charge in [0.25, 0.3) is 0 Å². The molecule has 0 amide bonds. The fraction of sp³-hybridized carbons (Fsp3) is 0.333. The molecule has 8 nitrogen and oxygen atoms in total. The van der Waals surface area contributed by atoms with Crippen LogP contribution in [0, 0.1) is 0 Å². The Labute approximate surface area is 175 Å². The minimum absolute atomic E-state index is 0.0286. The molecule has 0 radical (unpaired) electrons. The lowest BCUT2D eigenvalue weighted by Crippen LogP contribution is -2.32. The van der Waals surface area contributed by atoms with Crippen molar-refractivity contribution < 1.29 is 32.2 Å². The van der Waals surface area contributed by atoms with Crippen LogP contribution in [0.1, 0.15) is 45.2 Å². The molecule has 160 valence electrons. The lowest BCUT2D eigenvalue weighted by molar-refractivity contribution is 0.0583. The fourth-order valence-corrected chi connectivity index (χ4v) is 5.48. The van der Waals surface area contributed by atoms with Crippen molar-refractivity contribution in [3.05, 3.63) is 59.2 Å². The van der Waals surface area contributed by atoms with Crippen molar-refractivity contribution in [2.24, 2.45) is 0 Å². The molecule has 0 aliphatic carbocycles. The molecule has 1 saturated heterocycles. The van der Waals surface area contributed by atoms with Crippen LogP contribution in [0.25, 0.3) is 0 Å². The van der Waals surface area contributed by atoms with E-state index in [0.717, 1.165) is 11.6 Å². The molecule has 0 bridgehead atoms. The zero-order valence-corrected chi connectivity index (χ0v) is 17.8. The van der Waals surface area contributed by atoms with Crippen LogP contribution < -0.4 is 4.74 Å². The maximum absolute atomic E-state index is 13.6. The number of rotatable bonds is 6. The lowest BCUT2D eigenvalue weighted by Gasteiger charge is -2.25. The number of sulfonamides is 1. The summed E-state index contributed by atoms with van der Waals surface area (Å²) < 4.78 is 43.3. The van der Waals surface area contributed by atoms with Gasteiger partial charge in [-0.3, -0.25) is 0 Å². The third-order valence-electron chi connectivity index (χ3n) is 5.08. The Bertz CT molecular complexity index is 1060. The van der Waals surface area contributed by atoms with Crippen LogP contribution in [0.3, 0.4) is 0 Å². The van der Waals surface area contributed by atoms with Crippen LogP contribution in [0.4, 0.5) is 0 Å². The molecule has 9 heteroatoms. The van der Waals surface area contributed by atoms with E-state index in [1.54, 1.807) is 25.3 Å². The van der Waals surface area contributed by atoms with E-state index in [2.05, 4.69) is 0 Å². The predicted octanol–water partition coefficient (Wildman–Crippen LogP) is 2.79. The van der Waals surface area contributed by atoms with Crippen molar-refractivity contribution >= 4 is 22.0 Å². The van der Waals surface area contributed by atoms with Crippen molar-refractivity contribution in [2.75, 3.05) is 27.9 Å². The highest BCUT2D eigenvalue weighted by Crippen LogP contribution is 2.38. The molecule has 30 heavy (non-hydrogen) atoms. The van der Waals surface area contributed by atoms with Crippen LogP contribution in [0.2, 0.25) is 0 Å². The van der Waals surface area contributed by atoms with Gasteiger partial charge in [0.05, 0.1) is 43.4 Å². The highest BCUT2D eigenvalue weighted by atomic mass is 32.2. The molecule has 1 fully saturated rings. The number of carbonyl (C=O) groups excluding carboxylic acids is 2. The number of carbonyl (C=O) groups is 2. The van der Waals surface area contributed by atoms with Crippen molar-refractivity contribution in [3.8, 4) is 5.75 Å². The molecule has 1 aliphatic heterocycles. The number of esters is 2. The third kappa shape index (κ3) is 4.03. The monoisotopic (exact) mass is 433 g/mol. The van der Waals surface area contributed by atoms with Gasteiger partial charge < -0.3 is 14.2 Å². The Morgan fingerprint density at radius 3 is 2.40 bits per heavy atom. The molecule has 0 N–H and O–H groups in total. The Morgan fingerprint density at radius 2 is 1.73 bits per heavy atom. The second-order valence-corrected chi connectivity index (χ2v) is 8.60. The van der Waals surface area contributed by atoms with Crippen molar-refractivity contribution in [2.45, 2.75) is 23.8 Å². The van der Waals surface area contributed by atoms with Crippen LogP contribution >= 0.6 is 0 Å². The zero-order valence-electron chi connectivity index (χ0n) is 17.0. The standard InChI is InChI=1S/C21H23NO7S/c1-27-16-7-4-6-14(12-16)18-8-5-11-22(18)30(25,26)19-13-15(20(23)28-2)9-10-17(19)21(24)29-3/h4,6-7,9-10,12-13,18H,5,8,11H2,1-3H3. The molecule has 1 atom stereocenters. The van der Waals surface area contributed by atoms with Gasteiger partial charge in [0.15, 0.2) is 0 Å². The van der Waals surface area contributed by atoms with E-state index < -0.39 is 28.0 Å². The van der Waals surface area contributed by atoms with Gasteiger partial charge in [0.2, 0.25) is 10.0 Å². The van der Waals surface area contributed by atoms with E-state index in [0.29, 0.717) is 18.6 Å². The van der Waals surface area contributed by atoms with Crippen molar-refractivity contribution in [1.29, 1.82) is 0 Å². The smallest absolute Gasteiger partial charge is 0.339 e. The summed E-state index contributed by atoms with van der Waals surface area (Å²) in [5.41, 5.74) is 0.682. The van der Waals surface area contributed by atoms with E-state index >= 15 is 0 Å². The number of hydrogen-bond donors (Lipinski definition) is 0. The van der Waals surface area contributed by atoms with E-state index in [1.807, 2.05) is 6.07 Å². The number of ether oxygens (including phenoxy) is 3. The SMILES string of the molecule is COC(=O)c1ccc(C(=O)OC)c(S(=O)(=O)N2CCCC2c2cccc(OC)c2)c1. The summed E-state index contributed by atoms with van der Waals surface area (Å²) in [5, 5.41) is 0. The molecule has 0 saturated carbocycles. The summed E-state index contributed by atoms with van der Waals surface area (Å²) >= 11 is 0. The maximum Gasteiger partial charge on any atom is 0.339 e. The minimum Gasteiger partial charge on any atom is -0.497 e. The van der Waals surface area contributed by atoms with Gasteiger partial charge in [-0.05, 0) is 48.7 Å². The highest BCUT2D eigenvalue weighted by Gasteiger charge is 2.38. The van der Waals surface area contributed by atoms with Gasteiger partial charge in [0, 0.05) is 6.54 Å². The number of methoxy groups -OCH3 is 3. The molecule has 1 heterocycles. The van der Waals surface area contributed by atoms with Crippen molar-refractivity contribution in [1.82, 2.24) is 4.31 Å². The molecular weight excluding hydrogens is 410 g/mol. The Kier molecular flexibility index (Phi) is 6.42. The van der Waals surface area contributed by atoms with E-state index in [1.165, 1.54) is 30.7 Å². The van der Waals surface area contributed by atoms with E-state index in [4.69, 9.17) is 14.2 Å². The first-order valence-corrected chi connectivity index (χ1v) is 10.7. The van der Waals surface area contributed by atoms with Crippen LogP contribution in [0.5, 0.6) is 5.75 Å². The van der Waals surface area contributed by atoms with Gasteiger partial charge >= 0.3 is 11.9 Å². The predicted molar refractivity (Wildman–Crippen MR) is 108 cm³/mol. The summed E-state index contributed by atoms with van der Waals surface area (Å²) in [6, 6.07) is 10.6. The first-order valence-electron chi connectivity index (χ1n) is 9.30. The summed E-state index contributed by atoms with van der Waals surface area (Å²) in [6.07, 6.45) is 1.28. The largest absolute Gasteiger partial charge is 0.497 e. The second-order valence-electron chi connectivity index (χ2n) is 6.74. The third-order valence-corrected chi connectivity index (χ3v) is 7.03. The maximum atomic E-state index is 13.6. The Hall–Kier alpha value is -2.91. The Morgan fingerprint density at radius 1 is 1.00 bits per heavy atom. The van der Waals surface area contributed by atoms with Crippen LogP contribution in [0.15, 0.2) is 47.4 Å². The molecule has 2 aromatic rings. The first-order chi connectivity index (χ1) is 14.3. The first kappa shape index (κ1) is 21.8. The summed E-state index contributed by atoms with van der Waals surface area (Å²) in [5.74, 6) is -0.879. The molecule has 1 unspecified atom stereocenters. The second kappa shape index (κ2) is 8.85. The number of benzene rings is 2. The minimum atomic E-state index is -4.12. The normalized spacial score (nSPS) is 16.8. The average molecular weight is 433 g/mol. The zero-order chi connectivity index (χ0) is 21.9. The molecule has 1 aliphatic rings. The number of hydrogen-bond acceptors (Lipinski definition) is 7.